The van der Waals surface area contributed by atoms with Gasteiger partial charge in [-0.2, -0.15) is 0 Å². The Hall–Kier alpha value is -1.35. The van der Waals surface area contributed by atoms with Crippen molar-refractivity contribution in [2.45, 2.75) is 13.3 Å². The molecule has 0 spiro atoms. The van der Waals surface area contributed by atoms with Crippen molar-refractivity contribution in [3.8, 4) is 0 Å². The Labute approximate surface area is 84.8 Å². The first-order chi connectivity index (χ1) is 6.67. The summed E-state index contributed by atoms with van der Waals surface area (Å²) in [6.07, 6.45) is 0.766. The van der Waals surface area contributed by atoms with E-state index in [0.29, 0.717) is 5.56 Å². The SMILES string of the molecule is CCc1ccccc1C(=O)O.CNC. The fourth-order valence-corrected chi connectivity index (χ4v) is 1.04. The molecule has 0 unspecified atom stereocenters. The number of rotatable bonds is 2. The van der Waals surface area contributed by atoms with Gasteiger partial charge in [0.2, 0.25) is 0 Å². The zero-order valence-corrected chi connectivity index (χ0v) is 8.87. The van der Waals surface area contributed by atoms with Crippen LogP contribution in [-0.2, 0) is 6.42 Å². The summed E-state index contributed by atoms with van der Waals surface area (Å²) in [5.74, 6) is -0.845. The molecule has 0 aliphatic rings. The van der Waals surface area contributed by atoms with Gasteiger partial charge in [0.1, 0.15) is 0 Å². The molecule has 14 heavy (non-hydrogen) atoms. The molecule has 3 heteroatoms. The first kappa shape index (κ1) is 12.7. The van der Waals surface area contributed by atoms with Gasteiger partial charge in [-0.3, -0.25) is 0 Å². The third-order valence-corrected chi connectivity index (χ3v) is 1.63. The quantitative estimate of drug-likeness (QED) is 0.756. The van der Waals surface area contributed by atoms with E-state index in [4.69, 9.17) is 5.11 Å². The Morgan fingerprint density at radius 1 is 1.36 bits per heavy atom. The van der Waals surface area contributed by atoms with Crippen LogP contribution in [0, 0.1) is 0 Å². The summed E-state index contributed by atoms with van der Waals surface area (Å²) in [4.78, 5) is 10.6. The highest BCUT2D eigenvalue weighted by Gasteiger charge is 2.05. The number of carboxylic acids is 1. The highest BCUT2D eigenvalue weighted by molar-refractivity contribution is 5.89. The third kappa shape index (κ3) is 4.05. The average molecular weight is 195 g/mol. The minimum absolute atomic E-state index is 0.412. The van der Waals surface area contributed by atoms with Crippen molar-refractivity contribution in [3.63, 3.8) is 0 Å². The number of aromatic carboxylic acids is 1. The van der Waals surface area contributed by atoms with Crippen molar-refractivity contribution >= 4 is 5.97 Å². The Bertz CT molecular complexity index is 284. The van der Waals surface area contributed by atoms with Crippen molar-refractivity contribution in [2.75, 3.05) is 14.1 Å². The molecule has 3 nitrogen and oxygen atoms in total. The number of aryl methyl sites for hydroxylation is 1. The van der Waals surface area contributed by atoms with Gasteiger partial charge >= 0.3 is 5.97 Å². The van der Waals surface area contributed by atoms with Crippen LogP contribution < -0.4 is 5.32 Å². The molecule has 0 fully saturated rings. The van der Waals surface area contributed by atoms with Gasteiger partial charge in [-0.25, -0.2) is 4.79 Å². The van der Waals surface area contributed by atoms with Crippen LogP contribution in [0.5, 0.6) is 0 Å². The fraction of sp³-hybridized carbons (Fsp3) is 0.364. The van der Waals surface area contributed by atoms with Crippen LogP contribution in [-0.4, -0.2) is 25.2 Å². The van der Waals surface area contributed by atoms with E-state index in [1.165, 1.54) is 0 Å². The van der Waals surface area contributed by atoms with Crippen LogP contribution in [0.1, 0.15) is 22.8 Å². The predicted molar refractivity (Wildman–Crippen MR) is 57.8 cm³/mol. The van der Waals surface area contributed by atoms with Gasteiger partial charge in [0.15, 0.2) is 0 Å². The zero-order chi connectivity index (χ0) is 11.0. The highest BCUT2D eigenvalue weighted by atomic mass is 16.4. The second-order valence-corrected chi connectivity index (χ2v) is 2.82. The predicted octanol–water partition coefficient (Wildman–Crippen LogP) is 1.78. The van der Waals surface area contributed by atoms with Crippen molar-refractivity contribution in [1.29, 1.82) is 0 Å². The molecule has 1 aromatic carbocycles. The number of benzene rings is 1. The van der Waals surface area contributed by atoms with Gasteiger partial charge in [0, 0.05) is 0 Å². The molecule has 0 heterocycles. The smallest absolute Gasteiger partial charge is 0.335 e. The summed E-state index contributed by atoms with van der Waals surface area (Å²) >= 11 is 0. The summed E-state index contributed by atoms with van der Waals surface area (Å²) in [7, 11) is 3.75. The van der Waals surface area contributed by atoms with E-state index in [1.54, 1.807) is 12.1 Å². The Morgan fingerprint density at radius 3 is 2.21 bits per heavy atom. The Kier molecular flexibility index (Phi) is 6.41. The zero-order valence-electron chi connectivity index (χ0n) is 8.87. The molecule has 78 valence electrons. The van der Waals surface area contributed by atoms with E-state index in [0.717, 1.165) is 12.0 Å². The van der Waals surface area contributed by atoms with E-state index in [1.807, 2.05) is 33.2 Å². The van der Waals surface area contributed by atoms with Crippen molar-refractivity contribution in [1.82, 2.24) is 5.32 Å². The maximum absolute atomic E-state index is 10.6. The molecule has 0 radical (unpaired) electrons. The molecule has 0 saturated heterocycles. The number of carbonyl (C=O) groups is 1. The van der Waals surface area contributed by atoms with Crippen LogP contribution in [0.15, 0.2) is 24.3 Å². The Morgan fingerprint density at radius 2 is 1.86 bits per heavy atom. The minimum Gasteiger partial charge on any atom is -0.478 e. The molecule has 0 amide bonds. The number of hydrogen-bond donors (Lipinski definition) is 2. The second kappa shape index (κ2) is 7.09. The normalized spacial score (nSPS) is 8.79. The Balaban J connectivity index is 0.000000500. The van der Waals surface area contributed by atoms with E-state index < -0.39 is 5.97 Å². The van der Waals surface area contributed by atoms with Crippen LogP contribution in [0.3, 0.4) is 0 Å². The second-order valence-electron chi connectivity index (χ2n) is 2.82. The van der Waals surface area contributed by atoms with Gasteiger partial charge < -0.3 is 10.4 Å². The monoisotopic (exact) mass is 195 g/mol. The van der Waals surface area contributed by atoms with E-state index in [2.05, 4.69) is 5.32 Å². The molecule has 0 aromatic heterocycles. The lowest BCUT2D eigenvalue weighted by atomic mass is 10.1. The lowest BCUT2D eigenvalue weighted by Gasteiger charge is -2.00. The number of carboxylic acid groups (broad SMARTS) is 1. The van der Waals surface area contributed by atoms with E-state index >= 15 is 0 Å². The first-order valence-electron chi connectivity index (χ1n) is 4.57. The van der Waals surface area contributed by atoms with Gasteiger partial charge in [-0.1, -0.05) is 25.1 Å². The average Bonchev–Trinajstić information content (AvgIpc) is 2.19. The van der Waals surface area contributed by atoms with E-state index in [-0.39, 0.29) is 0 Å². The van der Waals surface area contributed by atoms with Crippen LogP contribution in [0.4, 0.5) is 0 Å². The summed E-state index contributed by atoms with van der Waals surface area (Å²) in [6, 6.07) is 7.05. The first-order valence-corrected chi connectivity index (χ1v) is 4.57. The molecule has 0 saturated carbocycles. The van der Waals surface area contributed by atoms with Crippen LogP contribution >= 0.6 is 0 Å². The lowest BCUT2D eigenvalue weighted by Crippen LogP contribution is -2.00. The maximum atomic E-state index is 10.6. The summed E-state index contributed by atoms with van der Waals surface area (Å²) < 4.78 is 0. The summed E-state index contributed by atoms with van der Waals surface area (Å²) in [6.45, 7) is 1.95. The molecule has 0 aliphatic heterocycles. The van der Waals surface area contributed by atoms with Gasteiger partial charge in [-0.15, -0.1) is 0 Å². The van der Waals surface area contributed by atoms with Crippen LogP contribution in [0.2, 0.25) is 0 Å². The largest absolute Gasteiger partial charge is 0.478 e. The van der Waals surface area contributed by atoms with Gasteiger partial charge in [-0.05, 0) is 32.1 Å². The molecule has 0 atom stereocenters. The molecule has 1 rings (SSSR count). The lowest BCUT2D eigenvalue weighted by molar-refractivity contribution is 0.0696. The minimum atomic E-state index is -0.845. The molecule has 1 aromatic rings. The summed E-state index contributed by atoms with van der Waals surface area (Å²) in [5.41, 5.74) is 1.30. The molecule has 0 aliphatic carbocycles. The van der Waals surface area contributed by atoms with Gasteiger partial charge in [0.25, 0.3) is 0 Å². The summed E-state index contributed by atoms with van der Waals surface area (Å²) in [5, 5.41) is 11.4. The number of nitrogens with one attached hydrogen (secondary N) is 1. The molecular formula is C11H17NO2. The maximum Gasteiger partial charge on any atom is 0.335 e. The topological polar surface area (TPSA) is 49.3 Å². The van der Waals surface area contributed by atoms with Gasteiger partial charge in [0.05, 0.1) is 5.56 Å². The fourth-order valence-electron chi connectivity index (χ4n) is 1.04. The van der Waals surface area contributed by atoms with Crippen molar-refractivity contribution < 1.29 is 9.90 Å². The standard InChI is InChI=1S/C9H10O2.C2H7N/c1-2-7-5-3-4-6-8(7)9(10)11;1-3-2/h3-6H,2H2,1H3,(H,10,11);3H,1-2H3. The van der Waals surface area contributed by atoms with E-state index in [9.17, 15) is 4.79 Å². The van der Waals surface area contributed by atoms with Crippen LogP contribution in [0.25, 0.3) is 0 Å². The molecule has 0 bridgehead atoms. The molecular weight excluding hydrogens is 178 g/mol. The molecule has 2 N–H and O–H groups in total. The highest BCUT2D eigenvalue weighted by Crippen LogP contribution is 2.08. The van der Waals surface area contributed by atoms with Crippen molar-refractivity contribution in [3.05, 3.63) is 35.4 Å². The third-order valence-electron chi connectivity index (χ3n) is 1.63. The van der Waals surface area contributed by atoms with Crippen molar-refractivity contribution in [2.24, 2.45) is 0 Å². The number of hydrogen-bond acceptors (Lipinski definition) is 2.